The molecule has 1 heterocycles. The summed E-state index contributed by atoms with van der Waals surface area (Å²) in [5, 5.41) is 9.61. The van der Waals surface area contributed by atoms with E-state index < -0.39 is 11.4 Å². The Balaban J connectivity index is 2.02. The number of carboxylic acids is 1. The molecule has 5 heteroatoms. The molecule has 1 aliphatic heterocycles. The second-order valence-electron chi connectivity index (χ2n) is 5.36. The van der Waals surface area contributed by atoms with Gasteiger partial charge in [-0.25, -0.2) is 0 Å². The number of ether oxygens (including phenoxy) is 3. The minimum absolute atomic E-state index is 0.0176. The third-order valence-electron chi connectivity index (χ3n) is 4.22. The molecule has 2 aliphatic rings. The van der Waals surface area contributed by atoms with Crippen molar-refractivity contribution in [1.82, 2.24) is 0 Å². The Morgan fingerprint density at radius 2 is 2.15 bits per heavy atom. The maximum atomic E-state index is 11.7. The Bertz CT molecular complexity index is 517. The molecule has 1 saturated carbocycles. The molecular weight excluding hydrogens is 260 g/mol. The average molecular weight is 278 g/mol. The highest BCUT2D eigenvalue weighted by molar-refractivity contribution is 5.84. The molecule has 5 nitrogen and oxygen atoms in total. The topological polar surface area (TPSA) is 65.0 Å². The van der Waals surface area contributed by atoms with Crippen LogP contribution >= 0.6 is 0 Å². The van der Waals surface area contributed by atoms with Gasteiger partial charge in [0.2, 0.25) is 0 Å². The first-order chi connectivity index (χ1) is 9.67. The molecule has 0 spiro atoms. The quantitative estimate of drug-likeness (QED) is 0.892. The van der Waals surface area contributed by atoms with Gasteiger partial charge in [0.25, 0.3) is 0 Å². The summed E-state index contributed by atoms with van der Waals surface area (Å²) < 4.78 is 16.4. The smallest absolute Gasteiger partial charge is 0.314 e. The molecule has 1 N–H and O–H groups in total. The minimum Gasteiger partial charge on any atom is -0.493 e. The van der Waals surface area contributed by atoms with Crippen LogP contribution in [0, 0.1) is 0 Å². The summed E-state index contributed by atoms with van der Waals surface area (Å²) in [6.45, 7) is 1.08. The molecule has 0 radical (unpaired) electrons. The molecule has 1 aromatic rings. The summed E-state index contributed by atoms with van der Waals surface area (Å²) in [6.07, 6.45) is 2.20. The molecule has 0 bridgehead atoms. The van der Waals surface area contributed by atoms with Gasteiger partial charge in [0.05, 0.1) is 25.7 Å². The summed E-state index contributed by atoms with van der Waals surface area (Å²) in [6, 6.07) is 5.46. The molecule has 2 fully saturated rings. The van der Waals surface area contributed by atoms with Crippen molar-refractivity contribution in [2.24, 2.45) is 0 Å². The third kappa shape index (κ3) is 1.93. The van der Waals surface area contributed by atoms with Crippen molar-refractivity contribution < 1.29 is 24.1 Å². The average Bonchev–Trinajstić information content (AvgIpc) is 2.32. The molecule has 3 rings (SSSR count). The van der Waals surface area contributed by atoms with E-state index in [1.807, 2.05) is 12.1 Å². The van der Waals surface area contributed by atoms with Crippen LogP contribution in [-0.4, -0.2) is 37.5 Å². The van der Waals surface area contributed by atoms with Gasteiger partial charge < -0.3 is 19.3 Å². The monoisotopic (exact) mass is 278 g/mol. The fraction of sp³-hybridized carbons (Fsp3) is 0.533. The van der Waals surface area contributed by atoms with Crippen LogP contribution in [0.25, 0.3) is 0 Å². The van der Waals surface area contributed by atoms with Crippen LogP contribution in [-0.2, 0) is 14.9 Å². The van der Waals surface area contributed by atoms with Gasteiger partial charge in [-0.15, -0.1) is 0 Å². The lowest BCUT2D eigenvalue weighted by molar-refractivity contribution is -0.147. The highest BCUT2D eigenvalue weighted by Crippen LogP contribution is 2.50. The fourth-order valence-corrected chi connectivity index (χ4v) is 2.75. The van der Waals surface area contributed by atoms with E-state index in [1.165, 1.54) is 0 Å². The van der Waals surface area contributed by atoms with Gasteiger partial charge in [-0.1, -0.05) is 18.6 Å². The SMILES string of the molecule is COc1cccc(C2(C(=O)O)CCC2)c1OC1COC1. The number of methoxy groups -OCH3 is 1. The van der Waals surface area contributed by atoms with Gasteiger partial charge in [-0.2, -0.15) is 0 Å². The Kier molecular flexibility index (Phi) is 3.30. The highest BCUT2D eigenvalue weighted by Gasteiger charge is 2.48. The fourth-order valence-electron chi connectivity index (χ4n) is 2.75. The van der Waals surface area contributed by atoms with Crippen molar-refractivity contribution >= 4 is 5.97 Å². The Morgan fingerprint density at radius 3 is 2.60 bits per heavy atom. The van der Waals surface area contributed by atoms with Gasteiger partial charge in [-0.05, 0) is 18.9 Å². The maximum Gasteiger partial charge on any atom is 0.314 e. The zero-order chi connectivity index (χ0) is 14.2. The van der Waals surface area contributed by atoms with E-state index in [0.29, 0.717) is 37.6 Å². The zero-order valence-electron chi connectivity index (χ0n) is 11.4. The number of aliphatic carboxylic acids is 1. The summed E-state index contributed by atoms with van der Waals surface area (Å²) in [4.78, 5) is 11.7. The van der Waals surface area contributed by atoms with Gasteiger partial charge in [0.15, 0.2) is 11.5 Å². The van der Waals surface area contributed by atoms with Crippen LogP contribution in [0.1, 0.15) is 24.8 Å². The van der Waals surface area contributed by atoms with Crippen LogP contribution in [0.15, 0.2) is 18.2 Å². The van der Waals surface area contributed by atoms with Crippen molar-refractivity contribution in [1.29, 1.82) is 0 Å². The second kappa shape index (κ2) is 4.98. The molecule has 108 valence electrons. The molecule has 0 atom stereocenters. The molecule has 0 amide bonds. The maximum absolute atomic E-state index is 11.7. The van der Waals surface area contributed by atoms with Gasteiger partial charge in [0.1, 0.15) is 6.10 Å². The van der Waals surface area contributed by atoms with Crippen LogP contribution in [0.5, 0.6) is 11.5 Å². The lowest BCUT2D eigenvalue weighted by Crippen LogP contribution is -2.44. The van der Waals surface area contributed by atoms with Gasteiger partial charge >= 0.3 is 5.97 Å². The first kappa shape index (κ1) is 13.2. The van der Waals surface area contributed by atoms with E-state index in [2.05, 4.69) is 0 Å². The predicted molar refractivity (Wildman–Crippen MR) is 71.4 cm³/mol. The molecule has 1 aromatic carbocycles. The molecule has 0 unspecified atom stereocenters. The summed E-state index contributed by atoms with van der Waals surface area (Å²) in [5.41, 5.74) is -0.100. The number of carboxylic acid groups (broad SMARTS) is 1. The van der Waals surface area contributed by atoms with E-state index in [1.54, 1.807) is 13.2 Å². The predicted octanol–water partition coefficient (Wildman–Crippen LogP) is 1.98. The number of benzene rings is 1. The number of para-hydroxylation sites is 1. The van der Waals surface area contributed by atoms with E-state index in [0.717, 1.165) is 12.0 Å². The first-order valence-corrected chi connectivity index (χ1v) is 6.82. The van der Waals surface area contributed by atoms with E-state index in [9.17, 15) is 9.90 Å². The summed E-state index contributed by atoms with van der Waals surface area (Å²) in [5.74, 6) is 0.360. The Hall–Kier alpha value is -1.75. The number of hydrogen-bond acceptors (Lipinski definition) is 4. The van der Waals surface area contributed by atoms with Crippen LogP contribution in [0.2, 0.25) is 0 Å². The van der Waals surface area contributed by atoms with Crippen molar-refractivity contribution in [2.75, 3.05) is 20.3 Å². The standard InChI is InChI=1S/C15H18O5/c1-18-12-5-2-4-11(13(12)20-10-8-19-9-10)15(14(16)17)6-3-7-15/h2,4-5,10H,3,6-9H2,1H3,(H,16,17). The van der Waals surface area contributed by atoms with Gasteiger partial charge in [-0.3, -0.25) is 4.79 Å². The van der Waals surface area contributed by atoms with Crippen molar-refractivity contribution in [3.05, 3.63) is 23.8 Å². The first-order valence-electron chi connectivity index (χ1n) is 6.82. The number of carbonyl (C=O) groups is 1. The number of rotatable bonds is 5. The van der Waals surface area contributed by atoms with Crippen LogP contribution < -0.4 is 9.47 Å². The van der Waals surface area contributed by atoms with Crippen LogP contribution in [0.3, 0.4) is 0 Å². The van der Waals surface area contributed by atoms with E-state index in [-0.39, 0.29) is 6.10 Å². The zero-order valence-corrected chi connectivity index (χ0v) is 11.4. The minimum atomic E-state index is -0.825. The molecule has 1 saturated heterocycles. The normalized spacial score (nSPS) is 20.6. The van der Waals surface area contributed by atoms with E-state index in [4.69, 9.17) is 14.2 Å². The van der Waals surface area contributed by atoms with Crippen molar-refractivity contribution in [2.45, 2.75) is 30.8 Å². The summed E-state index contributed by atoms with van der Waals surface area (Å²) in [7, 11) is 1.57. The van der Waals surface area contributed by atoms with Crippen LogP contribution in [0.4, 0.5) is 0 Å². The summed E-state index contributed by atoms with van der Waals surface area (Å²) >= 11 is 0. The van der Waals surface area contributed by atoms with Crippen molar-refractivity contribution in [3.63, 3.8) is 0 Å². The van der Waals surface area contributed by atoms with Crippen molar-refractivity contribution in [3.8, 4) is 11.5 Å². The molecular formula is C15H18O5. The lowest BCUT2D eigenvalue weighted by Gasteiger charge is -2.40. The molecule has 1 aliphatic carbocycles. The lowest BCUT2D eigenvalue weighted by atomic mass is 9.64. The largest absolute Gasteiger partial charge is 0.493 e. The van der Waals surface area contributed by atoms with E-state index >= 15 is 0 Å². The Morgan fingerprint density at radius 1 is 1.40 bits per heavy atom. The van der Waals surface area contributed by atoms with Gasteiger partial charge in [0, 0.05) is 5.56 Å². The molecule has 20 heavy (non-hydrogen) atoms. The number of hydrogen-bond donors (Lipinski definition) is 1. The third-order valence-corrected chi connectivity index (χ3v) is 4.22. The second-order valence-corrected chi connectivity index (χ2v) is 5.36. The highest BCUT2D eigenvalue weighted by atomic mass is 16.6. The Labute approximate surface area is 117 Å². The molecule has 0 aromatic heterocycles.